The van der Waals surface area contributed by atoms with Gasteiger partial charge in [0.2, 0.25) is 0 Å². The summed E-state index contributed by atoms with van der Waals surface area (Å²) < 4.78 is 0. The van der Waals surface area contributed by atoms with Crippen molar-refractivity contribution < 1.29 is 14.8 Å². The largest absolute Gasteiger partial charge is 0.550 e. The molecule has 1 heterocycles. The van der Waals surface area contributed by atoms with Gasteiger partial charge in [0.25, 0.3) is 0 Å². The van der Waals surface area contributed by atoms with Crippen LogP contribution in [0.4, 0.5) is 0 Å². The van der Waals surface area contributed by atoms with E-state index in [0.717, 1.165) is 19.6 Å². The van der Waals surface area contributed by atoms with Gasteiger partial charge in [-0.2, -0.15) is 0 Å². The van der Waals surface area contributed by atoms with Crippen LogP contribution >= 0.6 is 0 Å². The maximum absolute atomic E-state index is 10.0. The third-order valence-corrected chi connectivity index (χ3v) is 1.99. The van der Waals surface area contributed by atoms with Gasteiger partial charge in [-0.15, -0.1) is 0 Å². The highest BCUT2D eigenvalue weighted by Gasteiger charge is 2.13. The van der Waals surface area contributed by atoms with Gasteiger partial charge in [0.15, 0.2) is 0 Å². The fourth-order valence-electron chi connectivity index (χ4n) is 1.40. The minimum Gasteiger partial charge on any atom is -0.550 e. The minimum atomic E-state index is -0.917. The molecule has 3 nitrogen and oxygen atoms in total. The summed E-state index contributed by atoms with van der Waals surface area (Å²) in [7, 11) is 0. The summed E-state index contributed by atoms with van der Waals surface area (Å²) in [6.07, 6.45) is 2.72. The lowest BCUT2D eigenvalue weighted by Gasteiger charge is -2.11. The molecule has 1 aliphatic heterocycles. The number of hydrogen-bond acceptors (Lipinski definition) is 2. The molecule has 1 rings (SSSR count). The molecule has 0 spiro atoms. The van der Waals surface area contributed by atoms with Crippen LogP contribution in [0.2, 0.25) is 0 Å². The molecule has 0 atom stereocenters. The van der Waals surface area contributed by atoms with Crippen LogP contribution < -0.4 is 10.0 Å². The number of carbonyl (C=O) groups is 1. The zero-order chi connectivity index (χ0) is 7.40. The van der Waals surface area contributed by atoms with Gasteiger partial charge in [-0.3, -0.25) is 0 Å². The Morgan fingerprint density at radius 1 is 1.40 bits per heavy atom. The van der Waals surface area contributed by atoms with E-state index in [1.807, 2.05) is 0 Å². The molecular weight excluding hydrogens is 130 g/mol. The van der Waals surface area contributed by atoms with Crippen LogP contribution in [-0.2, 0) is 4.79 Å². The zero-order valence-electron chi connectivity index (χ0n) is 6.06. The summed E-state index contributed by atoms with van der Waals surface area (Å²) >= 11 is 0. The minimum absolute atomic E-state index is 0.218. The second-order valence-electron chi connectivity index (χ2n) is 2.83. The summed E-state index contributed by atoms with van der Waals surface area (Å²) in [6, 6.07) is 0. The highest BCUT2D eigenvalue weighted by Crippen LogP contribution is 1.87. The molecule has 1 fully saturated rings. The van der Waals surface area contributed by atoms with Crippen molar-refractivity contribution >= 4 is 5.97 Å². The zero-order valence-corrected chi connectivity index (χ0v) is 6.06. The molecule has 1 N–H and O–H groups in total. The average molecular weight is 143 g/mol. The molecule has 1 saturated heterocycles. The molecule has 0 aromatic heterocycles. The quantitative estimate of drug-likeness (QED) is 0.487. The van der Waals surface area contributed by atoms with E-state index in [1.54, 1.807) is 0 Å². The molecule has 0 aliphatic carbocycles. The van der Waals surface area contributed by atoms with E-state index in [1.165, 1.54) is 17.7 Å². The Labute approximate surface area is 60.6 Å². The van der Waals surface area contributed by atoms with Gasteiger partial charge < -0.3 is 14.8 Å². The predicted octanol–water partition coefficient (Wildman–Crippen LogP) is -2.19. The number of carbonyl (C=O) groups excluding carboxylic acids is 1. The Morgan fingerprint density at radius 3 is 2.50 bits per heavy atom. The number of likely N-dealkylation sites (tertiary alicyclic amines) is 1. The van der Waals surface area contributed by atoms with Gasteiger partial charge in [0, 0.05) is 25.2 Å². The van der Waals surface area contributed by atoms with E-state index in [2.05, 4.69) is 0 Å². The Hall–Kier alpha value is -0.570. The third kappa shape index (κ3) is 2.35. The molecule has 1 aliphatic rings. The Kier molecular flexibility index (Phi) is 2.68. The summed E-state index contributed by atoms with van der Waals surface area (Å²) in [5, 5.41) is 10.0. The molecule has 0 unspecified atom stereocenters. The first kappa shape index (κ1) is 7.54. The molecule has 0 saturated carbocycles. The number of hydrogen-bond donors (Lipinski definition) is 1. The van der Waals surface area contributed by atoms with Crippen LogP contribution in [0.1, 0.15) is 19.3 Å². The summed E-state index contributed by atoms with van der Waals surface area (Å²) in [5.41, 5.74) is 0. The summed E-state index contributed by atoms with van der Waals surface area (Å²) in [6.45, 7) is 3.04. The highest BCUT2D eigenvalue weighted by molar-refractivity contribution is 5.64. The molecular formula is C7H13NO2. The molecule has 0 bridgehead atoms. The number of aliphatic carboxylic acids is 1. The van der Waals surface area contributed by atoms with Crippen LogP contribution in [0.3, 0.4) is 0 Å². The van der Waals surface area contributed by atoms with Crippen LogP contribution in [0.25, 0.3) is 0 Å². The standard InChI is InChI=1S/C7H13NO2/c9-7(10)3-6-8-4-1-2-5-8/h1-6H2,(H,9,10). The van der Waals surface area contributed by atoms with Gasteiger partial charge in [-0.1, -0.05) is 0 Å². The SMILES string of the molecule is O=C([O-])CC[NH+]1CCCC1. The van der Waals surface area contributed by atoms with E-state index in [9.17, 15) is 9.90 Å². The fraction of sp³-hybridized carbons (Fsp3) is 0.857. The maximum atomic E-state index is 10.0. The normalized spacial score (nSPS) is 19.6. The fourth-order valence-corrected chi connectivity index (χ4v) is 1.40. The van der Waals surface area contributed by atoms with Crippen molar-refractivity contribution in [2.75, 3.05) is 19.6 Å². The van der Waals surface area contributed by atoms with Crippen molar-refractivity contribution in [3.63, 3.8) is 0 Å². The van der Waals surface area contributed by atoms with E-state index < -0.39 is 5.97 Å². The van der Waals surface area contributed by atoms with Crippen molar-refractivity contribution in [2.24, 2.45) is 0 Å². The van der Waals surface area contributed by atoms with Crippen molar-refractivity contribution in [1.82, 2.24) is 0 Å². The lowest BCUT2D eigenvalue weighted by molar-refractivity contribution is -0.886. The molecule has 3 heteroatoms. The van der Waals surface area contributed by atoms with Crippen molar-refractivity contribution in [3.8, 4) is 0 Å². The number of carboxylic acids is 1. The van der Waals surface area contributed by atoms with Crippen LogP contribution in [0.15, 0.2) is 0 Å². The third-order valence-electron chi connectivity index (χ3n) is 1.99. The van der Waals surface area contributed by atoms with Gasteiger partial charge in [0.05, 0.1) is 19.6 Å². The first-order valence-corrected chi connectivity index (χ1v) is 3.82. The van der Waals surface area contributed by atoms with Gasteiger partial charge in [-0.05, 0) is 0 Å². The molecule has 10 heavy (non-hydrogen) atoms. The van der Waals surface area contributed by atoms with Crippen LogP contribution in [0, 0.1) is 0 Å². The second-order valence-corrected chi connectivity index (χ2v) is 2.83. The van der Waals surface area contributed by atoms with E-state index in [0.29, 0.717) is 0 Å². The first-order valence-electron chi connectivity index (χ1n) is 3.82. The number of quaternary nitrogens is 1. The molecule has 0 aromatic rings. The topological polar surface area (TPSA) is 44.6 Å². The van der Waals surface area contributed by atoms with Gasteiger partial charge in [0.1, 0.15) is 0 Å². The van der Waals surface area contributed by atoms with E-state index in [4.69, 9.17) is 0 Å². The predicted molar refractivity (Wildman–Crippen MR) is 34.4 cm³/mol. The summed E-state index contributed by atoms with van der Waals surface area (Å²) in [4.78, 5) is 11.5. The number of rotatable bonds is 3. The molecule has 58 valence electrons. The second kappa shape index (κ2) is 3.56. The van der Waals surface area contributed by atoms with Crippen molar-refractivity contribution in [1.29, 1.82) is 0 Å². The lowest BCUT2D eigenvalue weighted by atomic mass is 10.4. The van der Waals surface area contributed by atoms with E-state index >= 15 is 0 Å². The van der Waals surface area contributed by atoms with Crippen LogP contribution in [-0.4, -0.2) is 25.6 Å². The van der Waals surface area contributed by atoms with Crippen LogP contribution in [0.5, 0.6) is 0 Å². The Balaban J connectivity index is 2.07. The average Bonchev–Trinajstić information content (AvgIpc) is 2.34. The van der Waals surface area contributed by atoms with Crippen molar-refractivity contribution in [3.05, 3.63) is 0 Å². The highest BCUT2D eigenvalue weighted by atomic mass is 16.4. The monoisotopic (exact) mass is 143 g/mol. The van der Waals surface area contributed by atoms with Gasteiger partial charge >= 0.3 is 0 Å². The number of carboxylic acid groups (broad SMARTS) is 1. The smallest absolute Gasteiger partial charge is 0.0823 e. The summed E-state index contributed by atoms with van der Waals surface area (Å²) in [5.74, 6) is -0.917. The number of nitrogens with one attached hydrogen (secondary N) is 1. The van der Waals surface area contributed by atoms with Gasteiger partial charge in [-0.25, -0.2) is 0 Å². The molecule has 0 amide bonds. The maximum Gasteiger partial charge on any atom is 0.0823 e. The molecule has 0 aromatic carbocycles. The molecule has 0 radical (unpaired) electrons. The first-order chi connectivity index (χ1) is 4.79. The van der Waals surface area contributed by atoms with E-state index in [-0.39, 0.29) is 6.42 Å². The lowest BCUT2D eigenvalue weighted by Crippen LogP contribution is -3.10. The Morgan fingerprint density at radius 2 is 2.00 bits per heavy atom. The van der Waals surface area contributed by atoms with Crippen molar-refractivity contribution in [2.45, 2.75) is 19.3 Å². The Bertz CT molecular complexity index is 119.